The van der Waals surface area contributed by atoms with Crippen LogP contribution >= 0.6 is 0 Å². The highest BCUT2D eigenvalue weighted by Crippen LogP contribution is 2.30. The van der Waals surface area contributed by atoms with Gasteiger partial charge in [-0.1, -0.05) is 0 Å². The molecule has 2 atom stereocenters. The number of carbonyl (C=O) groups is 1. The molecule has 2 saturated heterocycles. The van der Waals surface area contributed by atoms with Gasteiger partial charge in [-0.3, -0.25) is 9.69 Å². The van der Waals surface area contributed by atoms with Gasteiger partial charge in [0.15, 0.2) is 5.76 Å². The van der Waals surface area contributed by atoms with E-state index in [9.17, 15) is 4.79 Å². The van der Waals surface area contributed by atoms with Crippen molar-refractivity contribution in [2.24, 2.45) is 0 Å². The van der Waals surface area contributed by atoms with Crippen LogP contribution in [0.3, 0.4) is 0 Å². The fourth-order valence-corrected chi connectivity index (χ4v) is 4.01. The maximum Gasteiger partial charge on any atom is 0.289 e. The molecule has 5 heteroatoms. The predicted molar refractivity (Wildman–Crippen MR) is 95.8 cm³/mol. The van der Waals surface area contributed by atoms with Gasteiger partial charge >= 0.3 is 0 Å². The highest BCUT2D eigenvalue weighted by atomic mass is 16.5. The van der Waals surface area contributed by atoms with Crippen LogP contribution in [-0.2, 0) is 0 Å². The van der Waals surface area contributed by atoms with Crippen molar-refractivity contribution in [2.75, 3.05) is 27.2 Å². The van der Waals surface area contributed by atoms with Gasteiger partial charge in [0.25, 0.3) is 5.91 Å². The number of carbonyl (C=O) groups excluding carboxylic acids is 1. The Bertz CT molecular complexity index is 753. The summed E-state index contributed by atoms with van der Waals surface area (Å²) in [4.78, 5) is 17.3. The van der Waals surface area contributed by atoms with Crippen molar-refractivity contribution in [2.45, 2.75) is 31.3 Å². The Morgan fingerprint density at radius 3 is 2.60 bits per heavy atom. The van der Waals surface area contributed by atoms with Crippen LogP contribution in [0.15, 0.2) is 40.8 Å². The number of hydrogen-bond acceptors (Lipinski definition) is 4. The summed E-state index contributed by atoms with van der Waals surface area (Å²) in [6, 6.07) is 12.4. The lowest BCUT2D eigenvalue weighted by atomic mass is 10.1. The highest BCUT2D eigenvalue weighted by Gasteiger charge is 2.36. The van der Waals surface area contributed by atoms with Crippen molar-refractivity contribution in [3.63, 3.8) is 0 Å². The Morgan fingerprint density at radius 2 is 1.84 bits per heavy atom. The zero-order chi connectivity index (χ0) is 17.4. The fraction of sp³-hybridized carbons (Fsp3) is 0.450. The largest absolute Gasteiger partial charge is 0.497 e. The van der Waals surface area contributed by atoms with E-state index in [0.717, 1.165) is 30.8 Å². The van der Waals surface area contributed by atoms with Crippen LogP contribution in [0.1, 0.15) is 29.8 Å². The molecule has 0 saturated carbocycles. The lowest BCUT2D eigenvalue weighted by Gasteiger charge is -2.25. The quantitative estimate of drug-likeness (QED) is 0.860. The number of nitrogens with zero attached hydrogens (tertiary/aromatic N) is 2. The number of amides is 1. The summed E-state index contributed by atoms with van der Waals surface area (Å²) in [6.07, 6.45) is 3.48. The van der Waals surface area contributed by atoms with Crippen LogP contribution in [0.25, 0.3) is 11.3 Å². The average molecular weight is 340 g/mol. The van der Waals surface area contributed by atoms with E-state index in [2.05, 4.69) is 11.9 Å². The molecule has 2 aromatic rings. The van der Waals surface area contributed by atoms with Crippen molar-refractivity contribution in [3.05, 3.63) is 42.2 Å². The Morgan fingerprint density at radius 1 is 1.08 bits per heavy atom. The Balaban J connectivity index is 1.50. The maximum atomic E-state index is 12.9. The molecule has 0 radical (unpaired) electrons. The summed E-state index contributed by atoms with van der Waals surface area (Å²) in [5.41, 5.74) is 0.939. The van der Waals surface area contributed by atoms with Crippen molar-refractivity contribution in [3.8, 4) is 17.1 Å². The number of rotatable bonds is 3. The zero-order valence-electron chi connectivity index (χ0n) is 14.8. The van der Waals surface area contributed by atoms with E-state index < -0.39 is 0 Å². The molecule has 0 spiro atoms. The Kier molecular flexibility index (Phi) is 4.25. The van der Waals surface area contributed by atoms with Crippen LogP contribution in [-0.4, -0.2) is 55.0 Å². The number of methoxy groups -OCH3 is 1. The van der Waals surface area contributed by atoms with Crippen molar-refractivity contribution < 1.29 is 13.9 Å². The summed E-state index contributed by atoms with van der Waals surface area (Å²) >= 11 is 0. The van der Waals surface area contributed by atoms with E-state index in [1.807, 2.05) is 35.2 Å². The van der Waals surface area contributed by atoms with Crippen molar-refractivity contribution in [1.82, 2.24) is 9.80 Å². The fourth-order valence-electron chi connectivity index (χ4n) is 4.01. The number of fused-ring (bicyclic) bond motifs is 2. The minimum atomic E-state index is 0.000659. The second-order valence-electron chi connectivity index (χ2n) is 6.98. The number of likely N-dealkylation sites (N-methyl/N-ethyl adjacent to an activating group) is 1. The van der Waals surface area contributed by atoms with Gasteiger partial charge in [-0.05, 0) is 62.7 Å². The number of likely N-dealkylation sites (tertiary alicyclic amines) is 1. The SMILES string of the molecule is COc1ccc(-c2ccc(C(=O)N3CC[C@@H]4CC[C@H](C3)N4C)o2)cc1. The molecule has 2 aliphatic heterocycles. The highest BCUT2D eigenvalue weighted by molar-refractivity contribution is 5.92. The van der Waals surface area contributed by atoms with Gasteiger partial charge in [0.05, 0.1) is 7.11 Å². The van der Waals surface area contributed by atoms with Crippen molar-refractivity contribution >= 4 is 5.91 Å². The third kappa shape index (κ3) is 3.04. The molecule has 1 aromatic heterocycles. The molecule has 2 fully saturated rings. The average Bonchev–Trinajstić information content (AvgIpc) is 3.20. The number of ether oxygens (including phenoxy) is 1. The first-order valence-electron chi connectivity index (χ1n) is 8.91. The first-order valence-corrected chi connectivity index (χ1v) is 8.91. The van der Waals surface area contributed by atoms with Crippen LogP contribution in [0.4, 0.5) is 0 Å². The van der Waals surface area contributed by atoms with Crippen LogP contribution < -0.4 is 4.74 Å². The minimum Gasteiger partial charge on any atom is -0.497 e. The van der Waals surface area contributed by atoms with Gasteiger partial charge in [-0.15, -0.1) is 0 Å². The van der Waals surface area contributed by atoms with E-state index in [4.69, 9.17) is 9.15 Å². The lowest BCUT2D eigenvalue weighted by molar-refractivity contribution is 0.0709. The number of benzene rings is 1. The molecule has 0 unspecified atom stereocenters. The Labute approximate surface area is 148 Å². The number of furan rings is 1. The van der Waals surface area contributed by atoms with E-state index in [1.54, 1.807) is 13.2 Å². The molecule has 3 heterocycles. The third-order valence-corrected chi connectivity index (χ3v) is 5.63. The second kappa shape index (κ2) is 6.56. The summed E-state index contributed by atoms with van der Waals surface area (Å²) in [7, 11) is 3.83. The monoisotopic (exact) mass is 340 g/mol. The van der Waals surface area contributed by atoms with Gasteiger partial charge in [-0.25, -0.2) is 0 Å². The van der Waals surface area contributed by atoms with Gasteiger partial charge in [0, 0.05) is 30.7 Å². The topological polar surface area (TPSA) is 45.9 Å². The smallest absolute Gasteiger partial charge is 0.289 e. The van der Waals surface area contributed by atoms with Gasteiger partial charge < -0.3 is 14.1 Å². The third-order valence-electron chi connectivity index (χ3n) is 5.63. The summed E-state index contributed by atoms with van der Waals surface area (Å²) < 4.78 is 11.0. The van der Waals surface area contributed by atoms with Gasteiger partial charge in [0.1, 0.15) is 11.5 Å². The van der Waals surface area contributed by atoms with Crippen LogP contribution in [0.2, 0.25) is 0 Å². The standard InChI is InChI=1S/C20H24N2O3/c1-21-15-5-6-16(21)13-22(12-11-15)20(23)19-10-9-18(25-19)14-3-7-17(24-2)8-4-14/h3-4,7-10,15-16H,5-6,11-13H2,1-2H3/t15-,16+/m0/s1. The molecule has 4 rings (SSSR count). The van der Waals surface area contributed by atoms with E-state index >= 15 is 0 Å². The van der Waals surface area contributed by atoms with E-state index in [-0.39, 0.29) is 5.91 Å². The molecular formula is C20H24N2O3. The summed E-state index contributed by atoms with van der Waals surface area (Å²) in [5, 5.41) is 0. The second-order valence-corrected chi connectivity index (χ2v) is 6.98. The minimum absolute atomic E-state index is 0.000659. The summed E-state index contributed by atoms with van der Waals surface area (Å²) in [6.45, 7) is 1.60. The molecule has 0 N–H and O–H groups in total. The molecule has 2 bridgehead atoms. The zero-order valence-corrected chi connectivity index (χ0v) is 14.8. The normalized spacial score (nSPS) is 23.5. The van der Waals surface area contributed by atoms with E-state index in [1.165, 1.54) is 12.8 Å². The summed E-state index contributed by atoms with van der Waals surface area (Å²) in [5.74, 6) is 1.93. The molecule has 5 nitrogen and oxygen atoms in total. The molecule has 1 aromatic carbocycles. The molecule has 132 valence electrons. The molecular weight excluding hydrogens is 316 g/mol. The maximum absolute atomic E-state index is 12.9. The molecule has 25 heavy (non-hydrogen) atoms. The molecule has 1 amide bonds. The van der Waals surface area contributed by atoms with Gasteiger partial charge in [-0.2, -0.15) is 0 Å². The lowest BCUT2D eigenvalue weighted by Crippen LogP contribution is -2.39. The Hall–Kier alpha value is -2.27. The first kappa shape index (κ1) is 16.2. The number of hydrogen-bond donors (Lipinski definition) is 0. The van der Waals surface area contributed by atoms with Crippen LogP contribution in [0, 0.1) is 0 Å². The van der Waals surface area contributed by atoms with Gasteiger partial charge in [0.2, 0.25) is 0 Å². The van der Waals surface area contributed by atoms with E-state index in [0.29, 0.717) is 23.6 Å². The first-order chi connectivity index (χ1) is 12.2. The molecule has 0 aliphatic carbocycles. The predicted octanol–water partition coefficient (Wildman–Crippen LogP) is 3.26. The molecule has 2 aliphatic rings. The van der Waals surface area contributed by atoms with Crippen molar-refractivity contribution in [1.29, 1.82) is 0 Å². The van der Waals surface area contributed by atoms with Crippen LogP contribution in [0.5, 0.6) is 5.75 Å².